The van der Waals surface area contributed by atoms with Gasteiger partial charge in [-0.2, -0.15) is 0 Å². The Morgan fingerprint density at radius 2 is 1.88 bits per heavy atom. The van der Waals surface area contributed by atoms with Crippen molar-refractivity contribution in [3.8, 4) is 11.6 Å². The minimum Gasteiger partial charge on any atom is -0.439 e. The molecule has 2 atom stereocenters. The van der Waals surface area contributed by atoms with Crippen molar-refractivity contribution in [2.75, 3.05) is 0 Å². The van der Waals surface area contributed by atoms with Crippen molar-refractivity contribution in [3.63, 3.8) is 0 Å². The van der Waals surface area contributed by atoms with Gasteiger partial charge in [0.1, 0.15) is 5.75 Å². The zero-order valence-electron chi connectivity index (χ0n) is 14.0. The lowest BCUT2D eigenvalue weighted by Crippen LogP contribution is -2.34. The Balaban J connectivity index is 2.04. The van der Waals surface area contributed by atoms with Gasteiger partial charge in [0, 0.05) is 24.4 Å². The number of aromatic nitrogens is 1. The van der Waals surface area contributed by atoms with E-state index in [0.717, 1.165) is 17.7 Å². The average Bonchev–Trinajstić information content (AvgIpc) is 2.50. The summed E-state index contributed by atoms with van der Waals surface area (Å²) in [4.78, 5) is 4.14. The third-order valence-corrected chi connectivity index (χ3v) is 4.89. The summed E-state index contributed by atoms with van der Waals surface area (Å²) in [5.74, 6) is -1.49. The summed E-state index contributed by atoms with van der Waals surface area (Å²) in [6.07, 6.45) is 1.59. The van der Waals surface area contributed by atoms with E-state index >= 15 is 0 Å². The number of ether oxygens (including phenoxy) is 1. The highest BCUT2D eigenvalue weighted by atomic mass is 32.2. The van der Waals surface area contributed by atoms with Gasteiger partial charge in [-0.1, -0.05) is 6.07 Å². The molecule has 0 aliphatic carbocycles. The first-order valence-electron chi connectivity index (χ1n) is 7.44. The molecular formula is C17H20F2N2O2S. The van der Waals surface area contributed by atoms with Crippen LogP contribution in [-0.2, 0) is 11.0 Å². The lowest BCUT2D eigenvalue weighted by molar-refractivity contribution is 0.447. The van der Waals surface area contributed by atoms with E-state index in [2.05, 4.69) is 9.71 Å². The molecule has 0 bridgehead atoms. The van der Waals surface area contributed by atoms with Crippen LogP contribution in [0.5, 0.6) is 11.6 Å². The topological polar surface area (TPSA) is 51.2 Å². The van der Waals surface area contributed by atoms with Gasteiger partial charge in [-0.05, 0) is 45.4 Å². The molecule has 0 spiro atoms. The normalized spacial score (nSPS) is 14.2. The summed E-state index contributed by atoms with van der Waals surface area (Å²) in [5, 5.41) is 0. The smallest absolute Gasteiger partial charge is 0.219 e. The summed E-state index contributed by atoms with van der Waals surface area (Å²) in [5.41, 5.74) is 0.838. The van der Waals surface area contributed by atoms with E-state index in [4.69, 9.17) is 4.74 Å². The van der Waals surface area contributed by atoms with Gasteiger partial charge in [-0.15, -0.1) is 0 Å². The van der Waals surface area contributed by atoms with Gasteiger partial charge in [0.2, 0.25) is 5.88 Å². The van der Waals surface area contributed by atoms with Crippen molar-refractivity contribution in [2.45, 2.75) is 38.5 Å². The third-order valence-electron chi connectivity index (χ3n) is 3.21. The Hall–Kier alpha value is -1.86. The Bertz CT molecular complexity index is 730. The van der Waals surface area contributed by atoms with E-state index in [0.29, 0.717) is 0 Å². The molecule has 130 valence electrons. The Kier molecular flexibility index (Phi) is 5.66. The van der Waals surface area contributed by atoms with E-state index in [1.54, 1.807) is 18.3 Å². The average molecular weight is 354 g/mol. The Labute approximate surface area is 142 Å². The molecular weight excluding hydrogens is 334 g/mol. The first-order chi connectivity index (χ1) is 11.2. The van der Waals surface area contributed by atoms with E-state index < -0.39 is 22.6 Å². The predicted molar refractivity (Wildman–Crippen MR) is 90.1 cm³/mol. The summed E-state index contributed by atoms with van der Waals surface area (Å²) in [6, 6.07) is 6.52. The maximum absolute atomic E-state index is 13.2. The highest BCUT2D eigenvalue weighted by Gasteiger charge is 2.21. The van der Waals surface area contributed by atoms with E-state index in [9.17, 15) is 13.0 Å². The molecule has 0 aliphatic rings. The molecule has 0 amide bonds. The Morgan fingerprint density at radius 3 is 2.42 bits per heavy atom. The fourth-order valence-corrected chi connectivity index (χ4v) is 2.59. The van der Waals surface area contributed by atoms with Crippen LogP contribution in [0, 0.1) is 11.6 Å². The van der Waals surface area contributed by atoms with Crippen molar-refractivity contribution in [3.05, 3.63) is 53.7 Å². The van der Waals surface area contributed by atoms with Gasteiger partial charge >= 0.3 is 0 Å². The number of halogens is 2. The van der Waals surface area contributed by atoms with Crippen LogP contribution in [0.4, 0.5) is 8.78 Å². The van der Waals surface area contributed by atoms with Gasteiger partial charge in [0.15, 0.2) is 11.6 Å². The van der Waals surface area contributed by atoms with Crippen LogP contribution in [0.25, 0.3) is 0 Å². The van der Waals surface area contributed by atoms with Crippen LogP contribution in [0.2, 0.25) is 0 Å². The molecule has 0 saturated carbocycles. The summed E-state index contributed by atoms with van der Waals surface area (Å²) in [7, 11) is -1.20. The Morgan fingerprint density at radius 1 is 1.17 bits per heavy atom. The van der Waals surface area contributed by atoms with Crippen molar-refractivity contribution in [2.24, 2.45) is 0 Å². The minimum absolute atomic E-state index is 0.158. The monoisotopic (exact) mass is 354 g/mol. The quantitative estimate of drug-likeness (QED) is 0.873. The highest BCUT2D eigenvalue weighted by molar-refractivity contribution is 7.84. The van der Waals surface area contributed by atoms with Crippen molar-refractivity contribution >= 4 is 11.0 Å². The molecule has 4 nitrogen and oxygen atoms in total. The second-order valence-corrected chi connectivity index (χ2v) is 8.33. The summed E-state index contributed by atoms with van der Waals surface area (Å²) < 4.78 is 46.2. The number of benzene rings is 1. The lowest BCUT2D eigenvalue weighted by atomic mass is 10.2. The maximum Gasteiger partial charge on any atom is 0.219 e. The number of pyridine rings is 1. The van der Waals surface area contributed by atoms with Gasteiger partial charge in [-0.25, -0.2) is 22.7 Å². The molecule has 2 aromatic rings. The molecule has 0 fully saturated rings. The molecule has 0 aliphatic heterocycles. The van der Waals surface area contributed by atoms with E-state index in [1.807, 2.05) is 27.7 Å². The highest BCUT2D eigenvalue weighted by Crippen LogP contribution is 2.23. The molecule has 7 heteroatoms. The fourth-order valence-electron chi connectivity index (χ4n) is 1.77. The molecule has 1 N–H and O–H groups in total. The van der Waals surface area contributed by atoms with Crippen LogP contribution < -0.4 is 9.46 Å². The summed E-state index contributed by atoms with van der Waals surface area (Å²) >= 11 is 0. The number of rotatable bonds is 5. The summed E-state index contributed by atoms with van der Waals surface area (Å²) in [6.45, 7) is 7.55. The number of hydrogen-bond acceptors (Lipinski definition) is 3. The second kappa shape index (κ2) is 7.36. The number of hydrogen-bond donors (Lipinski definition) is 1. The van der Waals surface area contributed by atoms with Crippen LogP contribution in [0.15, 0.2) is 36.5 Å². The predicted octanol–water partition coefficient (Wildman–Crippen LogP) is 4.26. The molecule has 1 heterocycles. The molecule has 24 heavy (non-hydrogen) atoms. The fraction of sp³-hybridized carbons (Fsp3) is 0.353. The third kappa shape index (κ3) is 4.82. The lowest BCUT2D eigenvalue weighted by Gasteiger charge is -2.22. The van der Waals surface area contributed by atoms with E-state index in [-0.39, 0.29) is 22.4 Å². The van der Waals surface area contributed by atoms with Crippen LogP contribution >= 0.6 is 0 Å². The minimum atomic E-state index is -1.20. The van der Waals surface area contributed by atoms with Crippen LogP contribution in [0.3, 0.4) is 0 Å². The van der Waals surface area contributed by atoms with Gasteiger partial charge in [0.25, 0.3) is 0 Å². The van der Waals surface area contributed by atoms with Crippen LogP contribution in [0.1, 0.15) is 39.3 Å². The first kappa shape index (κ1) is 18.5. The second-order valence-electron chi connectivity index (χ2n) is 6.33. The van der Waals surface area contributed by atoms with Crippen molar-refractivity contribution < 1.29 is 17.7 Å². The molecule has 0 radical (unpaired) electrons. The standard InChI is InChI=1S/C17H20F2N2O2S/c1-11(21-24(22)17(2,3)4)12-5-8-16(20-10-12)23-13-6-7-14(18)15(19)9-13/h5-11,21H,1-4H3/t11-,24+/m0/s1. The largest absolute Gasteiger partial charge is 0.439 e. The van der Waals surface area contributed by atoms with Gasteiger partial charge in [-0.3, -0.25) is 0 Å². The van der Waals surface area contributed by atoms with Crippen LogP contribution in [-0.4, -0.2) is 13.9 Å². The molecule has 2 rings (SSSR count). The molecule has 0 saturated heterocycles. The molecule has 1 aromatic heterocycles. The SMILES string of the molecule is C[C@H](N[S@](=O)C(C)(C)C)c1ccc(Oc2ccc(F)c(F)c2)nc1. The number of nitrogens with one attached hydrogen (secondary N) is 1. The van der Waals surface area contributed by atoms with E-state index in [1.165, 1.54) is 6.07 Å². The van der Waals surface area contributed by atoms with Gasteiger partial charge in [0.05, 0.1) is 15.7 Å². The van der Waals surface area contributed by atoms with Crippen molar-refractivity contribution in [1.29, 1.82) is 0 Å². The van der Waals surface area contributed by atoms with Gasteiger partial charge < -0.3 is 4.74 Å². The first-order valence-corrected chi connectivity index (χ1v) is 8.58. The molecule has 1 aromatic carbocycles. The maximum atomic E-state index is 13.2. The zero-order valence-corrected chi connectivity index (χ0v) is 14.8. The zero-order chi connectivity index (χ0) is 17.9. The van der Waals surface area contributed by atoms with Crippen molar-refractivity contribution in [1.82, 2.24) is 9.71 Å². The molecule has 0 unspecified atom stereocenters. The number of nitrogens with zero attached hydrogens (tertiary/aromatic N) is 1.